The van der Waals surface area contributed by atoms with Crippen LogP contribution in [-0.4, -0.2) is 32.0 Å². The van der Waals surface area contributed by atoms with Crippen LogP contribution in [0.25, 0.3) is 0 Å². The molecule has 0 fully saturated rings. The summed E-state index contributed by atoms with van der Waals surface area (Å²) in [5.74, 6) is -0.242. The van der Waals surface area contributed by atoms with E-state index >= 15 is 0 Å². The molecule has 0 heterocycles. The topological polar surface area (TPSA) is 110 Å². The third-order valence-electron chi connectivity index (χ3n) is 4.88. The molecule has 10 heteroatoms. The molecule has 1 N–H and O–H groups in total. The van der Waals surface area contributed by atoms with Gasteiger partial charge in [-0.25, -0.2) is 8.42 Å². The number of sulfonamides is 1. The van der Waals surface area contributed by atoms with E-state index in [0.29, 0.717) is 29.1 Å². The lowest BCUT2D eigenvalue weighted by molar-refractivity contribution is -0.384. The molecular formula is C23H22ClN3O5S. The number of nitro benzene ring substituents is 1. The summed E-state index contributed by atoms with van der Waals surface area (Å²) in [4.78, 5) is 22.9. The summed E-state index contributed by atoms with van der Waals surface area (Å²) in [5.41, 5.74) is 2.11. The number of amides is 1. The molecule has 0 aliphatic heterocycles. The van der Waals surface area contributed by atoms with Gasteiger partial charge < -0.3 is 5.32 Å². The van der Waals surface area contributed by atoms with Crippen molar-refractivity contribution in [1.29, 1.82) is 0 Å². The highest BCUT2D eigenvalue weighted by Crippen LogP contribution is 2.25. The molecule has 0 bridgehead atoms. The number of nitrogens with zero attached hydrogens (tertiary/aromatic N) is 2. The van der Waals surface area contributed by atoms with Crippen molar-refractivity contribution in [3.8, 4) is 0 Å². The number of non-ortho nitro benzene ring substituents is 1. The Hall–Kier alpha value is -3.43. The van der Waals surface area contributed by atoms with Gasteiger partial charge in [-0.05, 0) is 47.9 Å². The standard InChI is InChI=1S/C23H22ClN3O5S/c1-33(31,32)26(21-3-2-4-22(15-21)27(29)30)16-18-5-9-19(10-6-18)23(28)25-14-13-17-7-11-20(24)12-8-17/h2-12,15H,13-14,16H2,1H3,(H,25,28). The largest absolute Gasteiger partial charge is 0.352 e. The van der Waals surface area contributed by atoms with Gasteiger partial charge in [-0.2, -0.15) is 0 Å². The summed E-state index contributed by atoms with van der Waals surface area (Å²) >= 11 is 5.87. The molecule has 172 valence electrons. The van der Waals surface area contributed by atoms with E-state index < -0.39 is 14.9 Å². The number of nitro groups is 1. The van der Waals surface area contributed by atoms with Crippen LogP contribution >= 0.6 is 11.6 Å². The number of carbonyl (C=O) groups is 1. The second-order valence-corrected chi connectivity index (χ2v) is 9.72. The van der Waals surface area contributed by atoms with Crippen LogP contribution in [0.2, 0.25) is 5.02 Å². The van der Waals surface area contributed by atoms with Gasteiger partial charge >= 0.3 is 0 Å². The SMILES string of the molecule is CS(=O)(=O)N(Cc1ccc(C(=O)NCCc2ccc(Cl)cc2)cc1)c1cccc([N+](=O)[O-])c1. The summed E-state index contributed by atoms with van der Waals surface area (Å²) in [6.45, 7) is 0.426. The van der Waals surface area contributed by atoms with Gasteiger partial charge in [0.2, 0.25) is 10.0 Å². The zero-order valence-corrected chi connectivity index (χ0v) is 19.3. The molecule has 33 heavy (non-hydrogen) atoms. The van der Waals surface area contributed by atoms with Crippen LogP contribution in [0.15, 0.2) is 72.8 Å². The number of carbonyl (C=O) groups excluding carboxylic acids is 1. The highest BCUT2D eigenvalue weighted by atomic mass is 35.5. The molecule has 3 aromatic carbocycles. The Morgan fingerprint density at radius 3 is 2.27 bits per heavy atom. The van der Waals surface area contributed by atoms with Crippen LogP contribution in [-0.2, 0) is 23.0 Å². The van der Waals surface area contributed by atoms with E-state index in [2.05, 4.69) is 5.32 Å². The maximum atomic E-state index is 12.4. The van der Waals surface area contributed by atoms with E-state index in [-0.39, 0.29) is 23.8 Å². The summed E-state index contributed by atoms with van der Waals surface area (Å²) in [6, 6.07) is 19.4. The molecule has 0 aliphatic carbocycles. The molecule has 0 atom stereocenters. The van der Waals surface area contributed by atoms with Crippen molar-refractivity contribution in [2.75, 3.05) is 17.1 Å². The fraction of sp³-hybridized carbons (Fsp3) is 0.174. The normalized spacial score (nSPS) is 11.1. The summed E-state index contributed by atoms with van der Waals surface area (Å²) < 4.78 is 25.7. The number of hydrogen-bond acceptors (Lipinski definition) is 5. The van der Waals surface area contributed by atoms with Crippen LogP contribution in [0.4, 0.5) is 11.4 Å². The van der Waals surface area contributed by atoms with Gasteiger partial charge in [-0.15, -0.1) is 0 Å². The first-order chi connectivity index (χ1) is 15.6. The van der Waals surface area contributed by atoms with Crippen molar-refractivity contribution < 1.29 is 18.1 Å². The minimum absolute atomic E-state index is 0.0293. The molecule has 8 nitrogen and oxygen atoms in total. The first-order valence-corrected chi connectivity index (χ1v) is 12.2. The van der Waals surface area contributed by atoms with Crippen LogP contribution in [0.1, 0.15) is 21.5 Å². The molecular weight excluding hydrogens is 466 g/mol. The minimum Gasteiger partial charge on any atom is -0.352 e. The smallest absolute Gasteiger partial charge is 0.271 e. The second kappa shape index (κ2) is 10.5. The molecule has 3 rings (SSSR count). The third kappa shape index (κ3) is 6.77. The number of benzene rings is 3. The van der Waals surface area contributed by atoms with E-state index in [1.54, 1.807) is 36.4 Å². The fourth-order valence-electron chi connectivity index (χ4n) is 3.16. The van der Waals surface area contributed by atoms with Gasteiger partial charge in [0.15, 0.2) is 0 Å². The first kappa shape index (κ1) is 24.2. The van der Waals surface area contributed by atoms with Gasteiger partial charge in [0.05, 0.1) is 23.4 Å². The van der Waals surface area contributed by atoms with Crippen LogP contribution in [0.5, 0.6) is 0 Å². The summed E-state index contributed by atoms with van der Waals surface area (Å²) in [7, 11) is -3.70. The Balaban J connectivity index is 1.66. The highest BCUT2D eigenvalue weighted by molar-refractivity contribution is 7.92. The average molecular weight is 488 g/mol. The van der Waals surface area contributed by atoms with Crippen molar-refractivity contribution in [2.45, 2.75) is 13.0 Å². The number of halogens is 1. The molecule has 3 aromatic rings. The monoisotopic (exact) mass is 487 g/mol. The maximum Gasteiger partial charge on any atom is 0.271 e. The van der Waals surface area contributed by atoms with Crippen molar-refractivity contribution in [3.63, 3.8) is 0 Å². The molecule has 0 unspecified atom stereocenters. The van der Waals surface area contributed by atoms with E-state index in [0.717, 1.165) is 16.1 Å². The fourth-order valence-corrected chi connectivity index (χ4v) is 4.17. The molecule has 1 amide bonds. The number of rotatable bonds is 9. The highest BCUT2D eigenvalue weighted by Gasteiger charge is 2.20. The Bertz CT molecular complexity index is 1250. The van der Waals surface area contributed by atoms with Gasteiger partial charge in [0, 0.05) is 29.3 Å². The van der Waals surface area contributed by atoms with E-state index in [4.69, 9.17) is 11.6 Å². The van der Waals surface area contributed by atoms with Crippen LogP contribution < -0.4 is 9.62 Å². The lowest BCUT2D eigenvalue weighted by Crippen LogP contribution is -2.29. The molecule has 0 spiro atoms. The quantitative estimate of drug-likeness (QED) is 0.359. The van der Waals surface area contributed by atoms with Gasteiger partial charge in [-0.3, -0.25) is 19.2 Å². The predicted octanol–water partition coefficient (Wildman–Crippen LogP) is 4.19. The van der Waals surface area contributed by atoms with Crippen molar-refractivity contribution in [3.05, 3.63) is 105 Å². The molecule has 0 saturated heterocycles. The van der Waals surface area contributed by atoms with Crippen molar-refractivity contribution in [1.82, 2.24) is 5.32 Å². The van der Waals surface area contributed by atoms with Gasteiger partial charge in [0.25, 0.3) is 11.6 Å². The Kier molecular flexibility index (Phi) is 7.67. The zero-order chi connectivity index (χ0) is 24.0. The van der Waals surface area contributed by atoms with Gasteiger partial charge in [-0.1, -0.05) is 41.9 Å². The molecule has 0 aromatic heterocycles. The van der Waals surface area contributed by atoms with E-state index in [1.807, 2.05) is 12.1 Å². The summed E-state index contributed by atoms with van der Waals surface area (Å²) in [5, 5.41) is 14.6. The first-order valence-electron chi connectivity index (χ1n) is 9.97. The Morgan fingerprint density at radius 1 is 1.03 bits per heavy atom. The molecule has 0 saturated carbocycles. The Labute approximate surface area is 197 Å². The minimum atomic E-state index is -3.70. The lowest BCUT2D eigenvalue weighted by Gasteiger charge is -2.22. The van der Waals surface area contributed by atoms with Crippen molar-refractivity contribution in [2.24, 2.45) is 0 Å². The molecule has 0 radical (unpaired) electrons. The van der Waals surface area contributed by atoms with Gasteiger partial charge in [0.1, 0.15) is 0 Å². The van der Waals surface area contributed by atoms with E-state index in [1.165, 1.54) is 24.3 Å². The van der Waals surface area contributed by atoms with Crippen molar-refractivity contribution >= 4 is 38.9 Å². The maximum absolute atomic E-state index is 12.4. The van der Waals surface area contributed by atoms with Crippen LogP contribution in [0.3, 0.4) is 0 Å². The molecule has 0 aliphatic rings. The number of hydrogen-bond donors (Lipinski definition) is 1. The third-order valence-corrected chi connectivity index (χ3v) is 6.28. The number of anilines is 1. The zero-order valence-electron chi connectivity index (χ0n) is 17.8. The summed E-state index contributed by atoms with van der Waals surface area (Å²) in [6.07, 6.45) is 1.70. The average Bonchev–Trinajstić information content (AvgIpc) is 2.78. The second-order valence-electron chi connectivity index (χ2n) is 7.38. The van der Waals surface area contributed by atoms with Crippen LogP contribution in [0, 0.1) is 10.1 Å². The Morgan fingerprint density at radius 2 is 1.67 bits per heavy atom. The lowest BCUT2D eigenvalue weighted by atomic mass is 10.1. The predicted molar refractivity (Wildman–Crippen MR) is 128 cm³/mol. The van der Waals surface area contributed by atoms with E-state index in [9.17, 15) is 23.3 Å². The number of nitrogens with one attached hydrogen (secondary N) is 1.